The number of halogens is 1. The van der Waals surface area contributed by atoms with E-state index in [1.807, 2.05) is 4.90 Å². The third-order valence-corrected chi connectivity index (χ3v) is 4.14. The fraction of sp³-hybridized carbons (Fsp3) is 0.333. The van der Waals surface area contributed by atoms with Crippen molar-refractivity contribution in [3.63, 3.8) is 0 Å². The maximum absolute atomic E-state index is 13.8. The van der Waals surface area contributed by atoms with E-state index in [0.717, 1.165) is 0 Å². The Morgan fingerprint density at radius 2 is 2.36 bits per heavy atom. The number of nitrogens with zero attached hydrogens (tertiary/aromatic N) is 2. The Labute approximate surface area is 131 Å². The molecule has 2 aromatic rings. The molecule has 116 valence electrons. The number of thiazole rings is 1. The summed E-state index contributed by atoms with van der Waals surface area (Å²) in [4.78, 5) is 18.0. The van der Waals surface area contributed by atoms with Crippen LogP contribution < -0.4 is 5.32 Å². The summed E-state index contributed by atoms with van der Waals surface area (Å²) in [7, 11) is 0. The summed E-state index contributed by atoms with van der Waals surface area (Å²) >= 11 is 1.38. The number of anilines is 1. The number of hydrogen-bond donors (Lipinski definition) is 1. The Kier molecular flexibility index (Phi) is 4.77. The lowest BCUT2D eigenvalue weighted by Gasteiger charge is -2.32. The van der Waals surface area contributed by atoms with E-state index in [9.17, 15) is 9.18 Å². The van der Waals surface area contributed by atoms with Gasteiger partial charge in [-0.1, -0.05) is 18.2 Å². The third kappa shape index (κ3) is 3.68. The van der Waals surface area contributed by atoms with Crippen LogP contribution >= 0.6 is 11.3 Å². The zero-order valence-electron chi connectivity index (χ0n) is 11.9. The quantitative estimate of drug-likeness (QED) is 0.939. The molecular formula is C15H16FN3O2S. The molecule has 1 amide bonds. The zero-order valence-corrected chi connectivity index (χ0v) is 12.7. The van der Waals surface area contributed by atoms with Crippen LogP contribution in [0.5, 0.6) is 0 Å². The van der Waals surface area contributed by atoms with Crippen molar-refractivity contribution in [2.24, 2.45) is 0 Å². The molecule has 0 bridgehead atoms. The molecule has 1 saturated heterocycles. The monoisotopic (exact) mass is 321 g/mol. The standard InChI is InChI=1S/C15H16FN3O2S/c16-12-4-2-1-3-11(12)13-9-19(6-7-21-13)10-14(20)18-15-17-5-8-22-15/h1-5,8,13H,6-7,9-10H2,(H,17,18,20). The molecule has 1 aromatic heterocycles. The van der Waals surface area contributed by atoms with Gasteiger partial charge in [-0.2, -0.15) is 0 Å². The predicted octanol–water partition coefficient (Wildman–Crippen LogP) is 2.29. The second-order valence-corrected chi connectivity index (χ2v) is 5.90. The fourth-order valence-corrected chi connectivity index (χ4v) is 2.96. The number of nitrogens with one attached hydrogen (secondary N) is 1. The number of carbonyl (C=O) groups excluding carboxylic acids is 1. The third-order valence-electron chi connectivity index (χ3n) is 3.45. The van der Waals surface area contributed by atoms with Crippen molar-refractivity contribution >= 4 is 22.4 Å². The molecule has 7 heteroatoms. The Bertz CT molecular complexity index is 635. The second kappa shape index (κ2) is 6.95. The first kappa shape index (κ1) is 15.1. The average Bonchev–Trinajstić information content (AvgIpc) is 3.00. The normalized spacial score (nSPS) is 19.0. The van der Waals surface area contributed by atoms with Crippen LogP contribution in [0.2, 0.25) is 0 Å². The van der Waals surface area contributed by atoms with E-state index in [-0.39, 0.29) is 24.4 Å². The van der Waals surface area contributed by atoms with E-state index in [2.05, 4.69) is 10.3 Å². The van der Waals surface area contributed by atoms with Gasteiger partial charge in [-0.3, -0.25) is 9.69 Å². The van der Waals surface area contributed by atoms with Crippen LogP contribution in [0.15, 0.2) is 35.8 Å². The van der Waals surface area contributed by atoms with Crippen LogP contribution in [0.1, 0.15) is 11.7 Å². The van der Waals surface area contributed by atoms with Crippen molar-refractivity contribution in [2.75, 3.05) is 31.6 Å². The number of ether oxygens (including phenoxy) is 1. The van der Waals surface area contributed by atoms with Crippen LogP contribution in [-0.2, 0) is 9.53 Å². The summed E-state index contributed by atoms with van der Waals surface area (Å²) in [5, 5.41) is 5.14. The van der Waals surface area contributed by atoms with Crippen LogP contribution in [0, 0.1) is 5.82 Å². The molecule has 22 heavy (non-hydrogen) atoms. The first-order chi connectivity index (χ1) is 10.7. The first-order valence-corrected chi connectivity index (χ1v) is 7.88. The van der Waals surface area contributed by atoms with Gasteiger partial charge in [0.2, 0.25) is 5.91 Å². The van der Waals surface area contributed by atoms with E-state index in [1.165, 1.54) is 17.4 Å². The Morgan fingerprint density at radius 1 is 1.50 bits per heavy atom. The molecule has 1 fully saturated rings. The average molecular weight is 321 g/mol. The van der Waals surface area contributed by atoms with Crippen molar-refractivity contribution in [3.05, 3.63) is 47.2 Å². The largest absolute Gasteiger partial charge is 0.371 e. The molecule has 5 nitrogen and oxygen atoms in total. The molecule has 0 radical (unpaired) electrons. The van der Waals surface area contributed by atoms with Crippen LogP contribution in [0.3, 0.4) is 0 Å². The molecule has 0 saturated carbocycles. The number of rotatable bonds is 4. The van der Waals surface area contributed by atoms with Crippen molar-refractivity contribution in [1.82, 2.24) is 9.88 Å². The van der Waals surface area contributed by atoms with Gasteiger partial charge in [0, 0.05) is 30.2 Å². The number of aromatic nitrogens is 1. The van der Waals surface area contributed by atoms with Crippen molar-refractivity contribution in [3.8, 4) is 0 Å². The van der Waals surface area contributed by atoms with E-state index in [1.54, 1.807) is 29.8 Å². The van der Waals surface area contributed by atoms with Crippen molar-refractivity contribution in [2.45, 2.75) is 6.10 Å². The molecule has 1 aliphatic rings. The van der Waals surface area contributed by atoms with Crippen LogP contribution in [-0.4, -0.2) is 42.0 Å². The summed E-state index contributed by atoms with van der Waals surface area (Å²) in [5.41, 5.74) is 0.535. The molecule has 1 atom stereocenters. The van der Waals surface area contributed by atoms with Crippen molar-refractivity contribution < 1.29 is 13.9 Å². The molecular weight excluding hydrogens is 305 g/mol. The van der Waals surface area contributed by atoms with Crippen LogP contribution in [0.4, 0.5) is 9.52 Å². The fourth-order valence-electron chi connectivity index (χ4n) is 2.42. The maximum Gasteiger partial charge on any atom is 0.240 e. The van der Waals surface area contributed by atoms with Crippen molar-refractivity contribution in [1.29, 1.82) is 0 Å². The molecule has 1 unspecified atom stereocenters. The molecule has 3 rings (SSSR count). The second-order valence-electron chi connectivity index (χ2n) is 5.00. The molecule has 2 heterocycles. The van der Waals surface area contributed by atoms with E-state index in [0.29, 0.717) is 30.4 Å². The summed E-state index contributed by atoms with van der Waals surface area (Å²) in [6.07, 6.45) is 1.30. The minimum absolute atomic E-state index is 0.121. The molecule has 1 aromatic carbocycles. The Balaban J connectivity index is 1.59. The number of benzene rings is 1. The number of amides is 1. The van der Waals surface area contributed by atoms with Gasteiger partial charge in [0.25, 0.3) is 0 Å². The van der Waals surface area contributed by atoms with Crippen LogP contribution in [0.25, 0.3) is 0 Å². The summed E-state index contributed by atoms with van der Waals surface area (Å²) in [6.45, 7) is 1.86. The SMILES string of the molecule is O=C(CN1CCOC(c2ccccc2F)C1)Nc1nccs1. The number of hydrogen-bond acceptors (Lipinski definition) is 5. The lowest BCUT2D eigenvalue weighted by atomic mass is 10.1. The summed E-state index contributed by atoms with van der Waals surface area (Å²) in [6, 6.07) is 6.59. The van der Waals surface area contributed by atoms with E-state index >= 15 is 0 Å². The van der Waals surface area contributed by atoms with Gasteiger partial charge in [0.05, 0.1) is 19.3 Å². The van der Waals surface area contributed by atoms with Gasteiger partial charge < -0.3 is 10.1 Å². The lowest BCUT2D eigenvalue weighted by Crippen LogP contribution is -2.42. The van der Waals surface area contributed by atoms with Gasteiger partial charge in [0.15, 0.2) is 5.13 Å². The van der Waals surface area contributed by atoms with E-state index in [4.69, 9.17) is 4.74 Å². The molecule has 1 N–H and O–H groups in total. The first-order valence-electron chi connectivity index (χ1n) is 7.00. The topological polar surface area (TPSA) is 54.5 Å². The van der Waals surface area contributed by atoms with Gasteiger partial charge in [-0.05, 0) is 6.07 Å². The molecule has 0 spiro atoms. The smallest absolute Gasteiger partial charge is 0.240 e. The highest BCUT2D eigenvalue weighted by Crippen LogP contribution is 2.24. The zero-order chi connectivity index (χ0) is 15.4. The van der Waals surface area contributed by atoms with Gasteiger partial charge in [-0.15, -0.1) is 11.3 Å². The highest BCUT2D eigenvalue weighted by molar-refractivity contribution is 7.13. The lowest BCUT2D eigenvalue weighted by molar-refractivity contribution is -0.119. The highest BCUT2D eigenvalue weighted by atomic mass is 32.1. The minimum atomic E-state index is -0.345. The summed E-state index contributed by atoms with van der Waals surface area (Å²) in [5.74, 6) is -0.397. The van der Waals surface area contributed by atoms with Gasteiger partial charge in [-0.25, -0.2) is 9.37 Å². The van der Waals surface area contributed by atoms with E-state index < -0.39 is 0 Å². The maximum atomic E-state index is 13.8. The Morgan fingerprint density at radius 3 is 3.14 bits per heavy atom. The molecule has 0 aliphatic carbocycles. The summed E-state index contributed by atoms with van der Waals surface area (Å²) < 4.78 is 19.5. The minimum Gasteiger partial charge on any atom is -0.371 e. The predicted molar refractivity (Wildman–Crippen MR) is 82.3 cm³/mol. The number of morpholine rings is 1. The van der Waals surface area contributed by atoms with Gasteiger partial charge in [0.1, 0.15) is 5.82 Å². The van der Waals surface area contributed by atoms with Gasteiger partial charge >= 0.3 is 0 Å². The Hall–Kier alpha value is -1.83. The highest BCUT2D eigenvalue weighted by Gasteiger charge is 2.25. The number of carbonyl (C=O) groups is 1. The molecule has 1 aliphatic heterocycles.